The molecule has 0 radical (unpaired) electrons. The normalized spacial score (nSPS) is 12.3. The predicted molar refractivity (Wildman–Crippen MR) is 104 cm³/mol. The molecule has 0 saturated carbocycles. The number of ether oxygens (including phenoxy) is 2. The Labute approximate surface area is 157 Å². The van der Waals surface area contributed by atoms with Gasteiger partial charge in [0.1, 0.15) is 19.0 Å². The van der Waals surface area contributed by atoms with E-state index in [-0.39, 0.29) is 5.91 Å². The summed E-state index contributed by atoms with van der Waals surface area (Å²) >= 11 is 0. The zero-order chi connectivity index (χ0) is 18.6. The van der Waals surface area contributed by atoms with Gasteiger partial charge in [-0.3, -0.25) is 4.79 Å². The summed E-state index contributed by atoms with van der Waals surface area (Å²) in [5.41, 5.74) is 3.07. The Balaban J connectivity index is 1.43. The van der Waals surface area contributed by atoms with Crippen molar-refractivity contribution in [2.24, 2.45) is 0 Å². The van der Waals surface area contributed by atoms with Crippen LogP contribution in [-0.4, -0.2) is 24.1 Å². The van der Waals surface area contributed by atoms with Crippen molar-refractivity contribution in [1.29, 1.82) is 0 Å². The van der Waals surface area contributed by atoms with E-state index in [1.165, 1.54) is 0 Å². The summed E-state index contributed by atoms with van der Waals surface area (Å²) in [4.78, 5) is 16.7. The zero-order valence-electron chi connectivity index (χ0n) is 14.9. The monoisotopic (exact) mass is 361 g/mol. The molecule has 0 fully saturated rings. The molecule has 2 aromatic carbocycles. The van der Waals surface area contributed by atoms with Crippen molar-refractivity contribution in [3.63, 3.8) is 0 Å². The highest BCUT2D eigenvalue weighted by Gasteiger charge is 2.12. The summed E-state index contributed by atoms with van der Waals surface area (Å²) < 4.78 is 11.1. The van der Waals surface area contributed by atoms with Crippen LogP contribution in [-0.2, 0) is 0 Å². The first kappa shape index (κ1) is 16.9. The predicted octanol–water partition coefficient (Wildman–Crippen LogP) is 4.16. The van der Waals surface area contributed by atoms with Crippen LogP contribution in [0.25, 0.3) is 0 Å². The van der Waals surface area contributed by atoms with E-state index < -0.39 is 0 Å². The van der Waals surface area contributed by atoms with Crippen LogP contribution in [0.5, 0.6) is 11.5 Å². The van der Waals surface area contributed by atoms with Gasteiger partial charge in [-0.25, -0.2) is 4.98 Å². The maximum Gasteiger partial charge on any atom is 0.255 e. The number of carbonyl (C=O) groups excluding carboxylic acids is 1. The lowest BCUT2D eigenvalue weighted by Gasteiger charge is -2.19. The van der Waals surface area contributed by atoms with Gasteiger partial charge in [0.05, 0.1) is 11.9 Å². The molecule has 0 atom stereocenters. The molecule has 0 unspecified atom stereocenters. The van der Waals surface area contributed by atoms with Gasteiger partial charge >= 0.3 is 0 Å². The van der Waals surface area contributed by atoms with Crippen LogP contribution >= 0.6 is 0 Å². The summed E-state index contributed by atoms with van der Waals surface area (Å²) in [6.45, 7) is 3.02. The minimum absolute atomic E-state index is 0.151. The van der Waals surface area contributed by atoms with Gasteiger partial charge in [0.2, 0.25) is 0 Å². The van der Waals surface area contributed by atoms with E-state index in [0.29, 0.717) is 36.0 Å². The fraction of sp³-hybridized carbons (Fsp3) is 0.143. The van der Waals surface area contributed by atoms with Crippen LogP contribution in [0, 0.1) is 6.92 Å². The number of nitrogens with zero attached hydrogens (tertiary/aromatic N) is 1. The number of rotatable bonds is 4. The zero-order valence-corrected chi connectivity index (χ0v) is 14.9. The largest absolute Gasteiger partial charge is 0.486 e. The van der Waals surface area contributed by atoms with Crippen LogP contribution in [0.1, 0.15) is 15.9 Å². The Morgan fingerprint density at radius 2 is 1.74 bits per heavy atom. The second-order valence-electron chi connectivity index (χ2n) is 6.18. The smallest absolute Gasteiger partial charge is 0.255 e. The van der Waals surface area contributed by atoms with Crippen LogP contribution < -0.4 is 20.1 Å². The highest BCUT2D eigenvalue weighted by atomic mass is 16.6. The molecule has 2 N–H and O–H groups in total. The quantitative estimate of drug-likeness (QED) is 0.730. The molecule has 0 bridgehead atoms. The van der Waals surface area contributed by atoms with Crippen molar-refractivity contribution in [2.45, 2.75) is 6.92 Å². The molecule has 0 saturated heterocycles. The van der Waals surface area contributed by atoms with Crippen molar-refractivity contribution in [2.75, 3.05) is 23.8 Å². The molecule has 1 amide bonds. The van der Waals surface area contributed by atoms with Gasteiger partial charge < -0.3 is 20.1 Å². The van der Waals surface area contributed by atoms with Crippen LogP contribution in [0.15, 0.2) is 60.8 Å². The van der Waals surface area contributed by atoms with Crippen LogP contribution in [0.4, 0.5) is 17.2 Å². The minimum atomic E-state index is -0.151. The number of nitrogens with one attached hydrogen (secondary N) is 2. The van der Waals surface area contributed by atoms with Gasteiger partial charge in [-0.1, -0.05) is 18.2 Å². The number of carbonyl (C=O) groups is 1. The van der Waals surface area contributed by atoms with Gasteiger partial charge in [-0.05, 0) is 42.8 Å². The van der Waals surface area contributed by atoms with E-state index in [0.717, 1.165) is 17.0 Å². The van der Waals surface area contributed by atoms with Crippen LogP contribution in [0.2, 0.25) is 0 Å². The average molecular weight is 361 g/mol. The third-order valence-electron chi connectivity index (χ3n) is 4.23. The maximum atomic E-state index is 12.4. The summed E-state index contributed by atoms with van der Waals surface area (Å²) in [6.07, 6.45) is 1.62. The van der Waals surface area contributed by atoms with Gasteiger partial charge in [-0.2, -0.15) is 0 Å². The number of pyridine rings is 1. The number of benzene rings is 2. The van der Waals surface area contributed by atoms with E-state index in [9.17, 15) is 4.79 Å². The molecule has 3 aromatic rings. The fourth-order valence-electron chi connectivity index (χ4n) is 2.84. The third-order valence-corrected chi connectivity index (χ3v) is 4.23. The number of anilines is 3. The maximum absolute atomic E-state index is 12.4. The summed E-state index contributed by atoms with van der Waals surface area (Å²) in [5, 5.41) is 6.08. The summed E-state index contributed by atoms with van der Waals surface area (Å²) in [5.74, 6) is 1.98. The molecular weight excluding hydrogens is 342 g/mol. The highest BCUT2D eigenvalue weighted by molar-refractivity contribution is 6.05. The molecule has 0 spiro atoms. The molecule has 1 aliphatic heterocycles. The first-order valence-electron chi connectivity index (χ1n) is 8.69. The molecule has 1 aromatic heterocycles. The minimum Gasteiger partial charge on any atom is -0.486 e. The lowest BCUT2D eigenvalue weighted by molar-refractivity contribution is 0.102. The number of amides is 1. The van der Waals surface area contributed by atoms with Gasteiger partial charge in [-0.15, -0.1) is 0 Å². The van der Waals surface area contributed by atoms with Gasteiger partial charge in [0, 0.05) is 17.3 Å². The lowest BCUT2D eigenvalue weighted by Crippen LogP contribution is -2.15. The van der Waals surface area contributed by atoms with E-state index in [4.69, 9.17) is 9.47 Å². The molecule has 6 nitrogen and oxygen atoms in total. The van der Waals surface area contributed by atoms with Crippen molar-refractivity contribution in [1.82, 2.24) is 4.98 Å². The molecule has 6 heteroatoms. The Morgan fingerprint density at radius 1 is 0.963 bits per heavy atom. The second kappa shape index (κ2) is 7.37. The highest BCUT2D eigenvalue weighted by Crippen LogP contribution is 2.33. The number of fused-ring (bicyclic) bond motifs is 1. The Bertz CT molecular complexity index is 971. The molecule has 136 valence electrons. The Kier molecular flexibility index (Phi) is 4.61. The number of hydrogen-bond donors (Lipinski definition) is 2. The van der Waals surface area contributed by atoms with Crippen molar-refractivity contribution < 1.29 is 14.3 Å². The molecule has 27 heavy (non-hydrogen) atoms. The molecule has 4 rings (SSSR count). The van der Waals surface area contributed by atoms with E-state index in [1.807, 2.05) is 55.5 Å². The standard InChI is InChI=1S/C21H19N3O3/c1-14-4-2-3-5-17(14)21(25)24-16-7-9-20(22-13-16)23-15-6-8-18-19(12-15)27-11-10-26-18/h2-9,12-13H,10-11H2,1H3,(H,22,23)(H,24,25). The summed E-state index contributed by atoms with van der Waals surface area (Å²) in [6, 6.07) is 16.7. The Morgan fingerprint density at radius 3 is 2.52 bits per heavy atom. The number of hydrogen-bond acceptors (Lipinski definition) is 5. The van der Waals surface area contributed by atoms with E-state index in [2.05, 4.69) is 15.6 Å². The van der Waals surface area contributed by atoms with Crippen molar-refractivity contribution in [3.05, 3.63) is 71.9 Å². The molecule has 2 heterocycles. The van der Waals surface area contributed by atoms with Crippen molar-refractivity contribution in [3.8, 4) is 11.5 Å². The first-order chi connectivity index (χ1) is 13.2. The second-order valence-corrected chi connectivity index (χ2v) is 6.18. The van der Waals surface area contributed by atoms with Crippen molar-refractivity contribution >= 4 is 23.1 Å². The number of aromatic nitrogens is 1. The molecule has 1 aliphatic rings. The third kappa shape index (κ3) is 3.84. The first-order valence-corrected chi connectivity index (χ1v) is 8.69. The average Bonchev–Trinajstić information content (AvgIpc) is 2.70. The fourth-order valence-corrected chi connectivity index (χ4v) is 2.84. The molecule has 0 aliphatic carbocycles. The van der Waals surface area contributed by atoms with E-state index >= 15 is 0 Å². The number of aryl methyl sites for hydroxylation is 1. The lowest BCUT2D eigenvalue weighted by atomic mass is 10.1. The SMILES string of the molecule is Cc1ccccc1C(=O)Nc1ccc(Nc2ccc3c(c2)OCCO3)nc1. The summed E-state index contributed by atoms with van der Waals surface area (Å²) in [7, 11) is 0. The Hall–Kier alpha value is -3.54. The van der Waals surface area contributed by atoms with E-state index in [1.54, 1.807) is 12.3 Å². The molecular formula is C21H19N3O3. The van der Waals surface area contributed by atoms with Gasteiger partial charge in [0.15, 0.2) is 11.5 Å². The van der Waals surface area contributed by atoms with Gasteiger partial charge in [0.25, 0.3) is 5.91 Å². The topological polar surface area (TPSA) is 72.5 Å². The van der Waals surface area contributed by atoms with Crippen LogP contribution in [0.3, 0.4) is 0 Å².